The highest BCUT2D eigenvalue weighted by Gasteiger charge is 2.19. The van der Waals surface area contributed by atoms with Crippen molar-refractivity contribution in [3.63, 3.8) is 0 Å². The van der Waals surface area contributed by atoms with Gasteiger partial charge in [-0.3, -0.25) is 14.3 Å². The van der Waals surface area contributed by atoms with Crippen molar-refractivity contribution >= 4 is 23.6 Å². The van der Waals surface area contributed by atoms with E-state index in [1.807, 2.05) is 0 Å². The third-order valence-corrected chi connectivity index (χ3v) is 5.84. The number of aliphatic hydroxyl groups is 1. The number of hydrogen-bond donors (Lipinski definition) is 2. The minimum atomic E-state index is -0.867. The van der Waals surface area contributed by atoms with Crippen LogP contribution in [0.1, 0.15) is 30.8 Å². The lowest BCUT2D eigenvalue weighted by Crippen LogP contribution is -2.25. The molecular formula is C25H26ClF2N5O3. The summed E-state index contributed by atoms with van der Waals surface area (Å²) in [6.07, 6.45) is 5.49. The third-order valence-electron chi connectivity index (χ3n) is 5.49. The van der Waals surface area contributed by atoms with Crippen molar-refractivity contribution in [3.8, 4) is 11.4 Å². The van der Waals surface area contributed by atoms with Gasteiger partial charge in [0, 0.05) is 47.4 Å². The SMILES string of the molecule is Cc1cnc(N=CC=C(N)C(C)(C)CO)cc1-n1c(C)cc(OCc2ncc(F)cc2F)c(Cl)c1=O. The number of aromatic nitrogens is 3. The zero-order valence-corrected chi connectivity index (χ0v) is 21.0. The number of aliphatic imine (C=N–C) groups is 1. The molecular weight excluding hydrogens is 492 g/mol. The van der Waals surface area contributed by atoms with Crippen LogP contribution < -0.4 is 16.0 Å². The summed E-state index contributed by atoms with van der Waals surface area (Å²) < 4.78 is 33.9. The fourth-order valence-corrected chi connectivity index (χ4v) is 3.30. The van der Waals surface area contributed by atoms with Crippen LogP contribution in [0.5, 0.6) is 5.75 Å². The van der Waals surface area contributed by atoms with Crippen molar-refractivity contribution in [3.05, 3.63) is 86.3 Å². The zero-order chi connectivity index (χ0) is 26.6. The van der Waals surface area contributed by atoms with Crippen molar-refractivity contribution in [2.24, 2.45) is 16.1 Å². The highest BCUT2D eigenvalue weighted by molar-refractivity contribution is 6.31. The molecule has 0 aliphatic rings. The molecule has 0 aliphatic heterocycles. The Hall–Kier alpha value is -3.63. The van der Waals surface area contributed by atoms with Gasteiger partial charge in [0.15, 0.2) is 11.6 Å². The van der Waals surface area contributed by atoms with Gasteiger partial charge in [-0.2, -0.15) is 0 Å². The van der Waals surface area contributed by atoms with Crippen molar-refractivity contribution in [2.45, 2.75) is 34.3 Å². The van der Waals surface area contributed by atoms with Gasteiger partial charge >= 0.3 is 0 Å². The third kappa shape index (κ3) is 5.95. The van der Waals surface area contributed by atoms with E-state index in [-0.39, 0.29) is 29.7 Å². The number of ether oxygens (including phenoxy) is 1. The Balaban J connectivity index is 1.92. The van der Waals surface area contributed by atoms with E-state index < -0.39 is 22.6 Å². The Morgan fingerprint density at radius 3 is 2.64 bits per heavy atom. The van der Waals surface area contributed by atoms with E-state index in [4.69, 9.17) is 22.1 Å². The van der Waals surface area contributed by atoms with Crippen LogP contribution in [0.15, 0.2) is 52.2 Å². The molecule has 0 fully saturated rings. The van der Waals surface area contributed by atoms with Gasteiger partial charge < -0.3 is 15.6 Å². The van der Waals surface area contributed by atoms with Gasteiger partial charge in [-0.1, -0.05) is 25.4 Å². The lowest BCUT2D eigenvalue weighted by molar-refractivity contribution is 0.189. The molecule has 8 nitrogen and oxygen atoms in total. The summed E-state index contributed by atoms with van der Waals surface area (Å²) >= 11 is 6.30. The van der Waals surface area contributed by atoms with Gasteiger partial charge in [0.05, 0.1) is 18.5 Å². The molecule has 190 valence electrons. The minimum Gasteiger partial charge on any atom is -0.485 e. The number of hydrogen-bond acceptors (Lipinski definition) is 7. The fourth-order valence-electron chi connectivity index (χ4n) is 3.11. The van der Waals surface area contributed by atoms with Gasteiger partial charge in [-0.05, 0) is 25.5 Å². The Kier molecular flexibility index (Phi) is 8.21. The highest BCUT2D eigenvalue weighted by atomic mass is 35.5. The molecule has 0 amide bonds. The Labute approximate surface area is 211 Å². The van der Waals surface area contributed by atoms with Gasteiger partial charge in [0.1, 0.15) is 28.9 Å². The van der Waals surface area contributed by atoms with E-state index in [1.54, 1.807) is 46.0 Å². The predicted octanol–water partition coefficient (Wildman–Crippen LogP) is 4.32. The number of nitrogens with zero attached hydrogens (tertiary/aromatic N) is 4. The molecule has 3 rings (SSSR count). The van der Waals surface area contributed by atoms with E-state index in [2.05, 4.69) is 15.0 Å². The largest absolute Gasteiger partial charge is 0.485 e. The van der Waals surface area contributed by atoms with Crippen LogP contribution in [0.25, 0.3) is 5.69 Å². The van der Waals surface area contributed by atoms with Crippen LogP contribution >= 0.6 is 11.6 Å². The number of aryl methyl sites for hydroxylation is 2. The Bertz CT molecular complexity index is 1400. The number of nitrogens with two attached hydrogens (primary N) is 1. The van der Waals surface area contributed by atoms with Crippen LogP contribution in [-0.2, 0) is 6.61 Å². The summed E-state index contributed by atoms with van der Waals surface area (Å²) in [5.74, 6) is -1.31. The van der Waals surface area contributed by atoms with E-state index in [9.17, 15) is 18.7 Å². The van der Waals surface area contributed by atoms with Crippen LogP contribution in [0.3, 0.4) is 0 Å². The zero-order valence-electron chi connectivity index (χ0n) is 20.2. The maximum atomic E-state index is 13.9. The molecule has 0 aromatic carbocycles. The second kappa shape index (κ2) is 11.0. The maximum Gasteiger partial charge on any atom is 0.277 e. The predicted molar refractivity (Wildman–Crippen MR) is 134 cm³/mol. The molecule has 3 aromatic heterocycles. The van der Waals surface area contributed by atoms with Gasteiger partial charge in [-0.15, -0.1) is 0 Å². The average molecular weight is 518 g/mol. The standard InChI is InChI=1S/C25H26ClF2N5O3/c1-14-10-32-22(30-6-5-21(29)25(3,4)13-34)9-19(14)33-15(2)7-20(23(26)24(33)35)36-12-18-17(28)8-16(27)11-31-18/h5-11,34H,12-13,29H2,1-4H3. The lowest BCUT2D eigenvalue weighted by atomic mass is 9.90. The summed E-state index contributed by atoms with van der Waals surface area (Å²) in [5.41, 5.74) is 6.85. The molecule has 3 N–H and O–H groups in total. The molecule has 0 unspecified atom stereocenters. The summed E-state index contributed by atoms with van der Waals surface area (Å²) in [6, 6.07) is 3.85. The number of halogens is 3. The van der Waals surface area contributed by atoms with Crippen molar-refractivity contribution in [2.75, 3.05) is 6.61 Å². The fraction of sp³-hybridized carbons (Fsp3) is 0.280. The first-order valence-corrected chi connectivity index (χ1v) is 11.3. The number of pyridine rings is 3. The molecule has 0 aliphatic carbocycles. The molecule has 0 saturated carbocycles. The number of rotatable bonds is 8. The maximum absolute atomic E-state index is 13.9. The van der Waals surface area contributed by atoms with Crippen LogP contribution in [0.2, 0.25) is 5.02 Å². The number of allylic oxidation sites excluding steroid dienone is 1. The smallest absolute Gasteiger partial charge is 0.277 e. The first kappa shape index (κ1) is 27.0. The van der Waals surface area contributed by atoms with Crippen LogP contribution in [-0.4, -0.2) is 32.5 Å². The highest BCUT2D eigenvalue weighted by Crippen LogP contribution is 2.27. The van der Waals surface area contributed by atoms with E-state index >= 15 is 0 Å². The molecule has 3 heterocycles. The normalized spacial score (nSPS) is 12.4. The summed E-state index contributed by atoms with van der Waals surface area (Å²) in [7, 11) is 0. The van der Waals surface area contributed by atoms with Crippen molar-refractivity contribution in [1.29, 1.82) is 0 Å². The number of aliphatic hydroxyl groups excluding tert-OH is 1. The van der Waals surface area contributed by atoms with E-state index in [1.165, 1.54) is 16.8 Å². The second-order valence-corrected chi connectivity index (χ2v) is 9.12. The van der Waals surface area contributed by atoms with Gasteiger partial charge in [0.25, 0.3) is 5.56 Å². The quantitative estimate of drug-likeness (QED) is 0.430. The monoisotopic (exact) mass is 517 g/mol. The van der Waals surface area contributed by atoms with Gasteiger partial charge in [0.2, 0.25) is 0 Å². The first-order valence-electron chi connectivity index (χ1n) is 10.9. The van der Waals surface area contributed by atoms with Gasteiger partial charge in [-0.25, -0.2) is 18.8 Å². The van der Waals surface area contributed by atoms with Crippen LogP contribution in [0, 0.1) is 30.9 Å². The Morgan fingerprint density at radius 2 is 1.97 bits per heavy atom. The molecule has 36 heavy (non-hydrogen) atoms. The summed E-state index contributed by atoms with van der Waals surface area (Å²) in [6.45, 7) is 6.61. The van der Waals surface area contributed by atoms with E-state index in [0.29, 0.717) is 34.5 Å². The topological polar surface area (TPSA) is 116 Å². The summed E-state index contributed by atoms with van der Waals surface area (Å²) in [5, 5.41) is 9.20. The molecule has 0 saturated heterocycles. The average Bonchev–Trinajstić information content (AvgIpc) is 2.83. The molecule has 0 bridgehead atoms. The summed E-state index contributed by atoms with van der Waals surface area (Å²) in [4.78, 5) is 25.4. The van der Waals surface area contributed by atoms with E-state index in [0.717, 1.165) is 6.20 Å². The molecule has 0 radical (unpaired) electrons. The molecule has 0 spiro atoms. The lowest BCUT2D eigenvalue weighted by Gasteiger charge is -2.21. The molecule has 3 aromatic rings. The van der Waals surface area contributed by atoms with Crippen LogP contribution in [0.4, 0.5) is 14.6 Å². The first-order chi connectivity index (χ1) is 16.9. The van der Waals surface area contributed by atoms with Crippen molar-refractivity contribution < 1.29 is 18.6 Å². The van der Waals surface area contributed by atoms with Crippen molar-refractivity contribution in [1.82, 2.24) is 14.5 Å². The second-order valence-electron chi connectivity index (χ2n) is 8.75. The molecule has 11 heteroatoms. The Morgan fingerprint density at radius 1 is 1.25 bits per heavy atom. The molecule has 0 atom stereocenters. The minimum absolute atomic E-state index is 0.0398.